The molecule has 1 aliphatic rings. The van der Waals surface area contributed by atoms with E-state index in [1.165, 1.54) is 12.1 Å². The van der Waals surface area contributed by atoms with Crippen molar-refractivity contribution >= 4 is 28.9 Å². The van der Waals surface area contributed by atoms with Gasteiger partial charge in [0.05, 0.1) is 11.5 Å². The predicted molar refractivity (Wildman–Crippen MR) is 80.6 cm³/mol. The summed E-state index contributed by atoms with van der Waals surface area (Å²) in [6.07, 6.45) is 0. The summed E-state index contributed by atoms with van der Waals surface area (Å²) in [5, 5.41) is 16.8. The number of hydrogen-bond donors (Lipinski definition) is 2. The summed E-state index contributed by atoms with van der Waals surface area (Å²) in [5.74, 6) is -0.194. The SMILES string of the molecule is C[C@H]1CNCCN1CC(=O)Nc1ccc(Cl)c([N+](=O)[O-])c1. The summed E-state index contributed by atoms with van der Waals surface area (Å²) in [7, 11) is 0. The third kappa shape index (κ3) is 4.13. The maximum absolute atomic E-state index is 12.0. The minimum Gasteiger partial charge on any atom is -0.325 e. The number of halogens is 1. The van der Waals surface area contributed by atoms with Gasteiger partial charge < -0.3 is 10.6 Å². The second-order valence-electron chi connectivity index (χ2n) is 5.00. The van der Waals surface area contributed by atoms with Crippen LogP contribution >= 0.6 is 11.6 Å². The summed E-state index contributed by atoms with van der Waals surface area (Å²) in [5.41, 5.74) is 0.156. The van der Waals surface area contributed by atoms with E-state index in [9.17, 15) is 14.9 Å². The molecule has 2 rings (SSSR count). The van der Waals surface area contributed by atoms with Gasteiger partial charge in [-0.3, -0.25) is 19.8 Å². The summed E-state index contributed by atoms with van der Waals surface area (Å²) >= 11 is 5.73. The number of carbonyl (C=O) groups is 1. The van der Waals surface area contributed by atoms with E-state index in [1.54, 1.807) is 6.07 Å². The topological polar surface area (TPSA) is 87.5 Å². The van der Waals surface area contributed by atoms with Crippen LogP contribution in [0.15, 0.2) is 18.2 Å². The molecule has 8 heteroatoms. The molecule has 7 nitrogen and oxygen atoms in total. The third-order valence-corrected chi connectivity index (χ3v) is 3.73. The molecule has 0 radical (unpaired) electrons. The number of piperazine rings is 1. The summed E-state index contributed by atoms with van der Waals surface area (Å²) < 4.78 is 0. The van der Waals surface area contributed by atoms with Gasteiger partial charge in [0.2, 0.25) is 5.91 Å². The average molecular weight is 313 g/mol. The normalized spacial score (nSPS) is 19.2. The van der Waals surface area contributed by atoms with E-state index in [1.807, 2.05) is 6.92 Å². The smallest absolute Gasteiger partial charge is 0.289 e. The number of benzene rings is 1. The summed E-state index contributed by atoms with van der Waals surface area (Å²) in [6, 6.07) is 4.50. The van der Waals surface area contributed by atoms with Crippen LogP contribution in [-0.4, -0.2) is 48.0 Å². The van der Waals surface area contributed by atoms with E-state index < -0.39 is 4.92 Å². The highest BCUT2D eigenvalue weighted by Crippen LogP contribution is 2.27. The van der Waals surface area contributed by atoms with E-state index in [2.05, 4.69) is 15.5 Å². The maximum Gasteiger partial charge on any atom is 0.289 e. The first-order chi connectivity index (χ1) is 9.97. The van der Waals surface area contributed by atoms with Crippen molar-refractivity contribution in [2.75, 3.05) is 31.5 Å². The molecule has 2 N–H and O–H groups in total. The molecule has 0 unspecified atom stereocenters. The summed E-state index contributed by atoms with van der Waals surface area (Å²) in [4.78, 5) is 24.3. The molecule has 0 saturated carbocycles. The van der Waals surface area contributed by atoms with E-state index in [0.29, 0.717) is 5.69 Å². The van der Waals surface area contributed by atoms with Crippen LogP contribution in [0.3, 0.4) is 0 Å². The van der Waals surface area contributed by atoms with Gasteiger partial charge in [0, 0.05) is 37.4 Å². The van der Waals surface area contributed by atoms with Gasteiger partial charge >= 0.3 is 0 Å². The molecular weight excluding hydrogens is 296 g/mol. The molecular formula is C13H17ClN4O3. The highest BCUT2D eigenvalue weighted by Gasteiger charge is 2.21. The van der Waals surface area contributed by atoms with E-state index in [-0.39, 0.29) is 29.2 Å². The molecule has 0 bridgehead atoms. The second-order valence-corrected chi connectivity index (χ2v) is 5.40. The molecule has 0 aliphatic carbocycles. The lowest BCUT2D eigenvalue weighted by Crippen LogP contribution is -2.51. The number of nitrogens with one attached hydrogen (secondary N) is 2. The number of nitrogens with zero attached hydrogens (tertiary/aromatic N) is 2. The number of anilines is 1. The van der Waals surface area contributed by atoms with Gasteiger partial charge in [-0.15, -0.1) is 0 Å². The Morgan fingerprint density at radius 1 is 1.62 bits per heavy atom. The van der Waals surface area contributed by atoms with E-state index in [0.717, 1.165) is 19.6 Å². The van der Waals surface area contributed by atoms with Crippen molar-refractivity contribution in [2.45, 2.75) is 13.0 Å². The summed E-state index contributed by atoms with van der Waals surface area (Å²) in [6.45, 7) is 4.81. The van der Waals surface area contributed by atoms with Crippen LogP contribution in [0.5, 0.6) is 0 Å². The molecule has 0 aromatic heterocycles. The van der Waals surface area contributed by atoms with Crippen LogP contribution in [0, 0.1) is 10.1 Å². The Morgan fingerprint density at radius 3 is 3.05 bits per heavy atom. The number of nitro benzene ring substituents is 1. The monoisotopic (exact) mass is 312 g/mol. The molecule has 1 aliphatic heterocycles. The van der Waals surface area contributed by atoms with E-state index in [4.69, 9.17) is 11.6 Å². The number of rotatable bonds is 4. The number of hydrogen-bond acceptors (Lipinski definition) is 5. The third-order valence-electron chi connectivity index (χ3n) is 3.41. The van der Waals surface area contributed by atoms with Crippen molar-refractivity contribution < 1.29 is 9.72 Å². The van der Waals surface area contributed by atoms with Crippen LogP contribution in [0.25, 0.3) is 0 Å². The van der Waals surface area contributed by atoms with Crippen LogP contribution in [0.2, 0.25) is 5.02 Å². The lowest BCUT2D eigenvalue weighted by molar-refractivity contribution is -0.384. The molecule has 1 aromatic carbocycles. The molecule has 1 atom stereocenters. The Kier molecular flexibility index (Phi) is 5.11. The van der Waals surface area contributed by atoms with Gasteiger partial charge in [-0.2, -0.15) is 0 Å². The van der Waals surface area contributed by atoms with E-state index >= 15 is 0 Å². The zero-order valence-corrected chi connectivity index (χ0v) is 12.4. The van der Waals surface area contributed by atoms with Crippen molar-refractivity contribution in [3.63, 3.8) is 0 Å². The van der Waals surface area contributed by atoms with Gasteiger partial charge in [-0.25, -0.2) is 0 Å². The largest absolute Gasteiger partial charge is 0.325 e. The first kappa shape index (κ1) is 15.7. The van der Waals surface area contributed by atoms with Gasteiger partial charge in [-0.05, 0) is 19.1 Å². The Morgan fingerprint density at radius 2 is 2.38 bits per heavy atom. The maximum atomic E-state index is 12.0. The minimum absolute atomic E-state index is 0.0497. The highest BCUT2D eigenvalue weighted by atomic mass is 35.5. The van der Waals surface area contributed by atoms with Crippen LogP contribution in [0.1, 0.15) is 6.92 Å². The molecule has 0 spiro atoms. The number of nitro groups is 1. The van der Waals surface area contributed by atoms with Crippen LogP contribution in [-0.2, 0) is 4.79 Å². The fourth-order valence-corrected chi connectivity index (χ4v) is 2.42. The Balaban J connectivity index is 1.99. The Labute approximate surface area is 127 Å². The lowest BCUT2D eigenvalue weighted by Gasteiger charge is -2.33. The van der Waals surface area contributed by atoms with Crippen LogP contribution < -0.4 is 10.6 Å². The zero-order chi connectivity index (χ0) is 15.4. The molecule has 21 heavy (non-hydrogen) atoms. The van der Waals surface area contributed by atoms with Gasteiger partial charge in [0.1, 0.15) is 5.02 Å². The van der Waals surface area contributed by atoms with Crippen molar-refractivity contribution in [2.24, 2.45) is 0 Å². The fraction of sp³-hybridized carbons (Fsp3) is 0.462. The Bertz CT molecular complexity index is 552. The minimum atomic E-state index is -0.573. The number of carbonyl (C=O) groups excluding carboxylic acids is 1. The fourth-order valence-electron chi connectivity index (χ4n) is 2.23. The second kappa shape index (κ2) is 6.84. The van der Waals surface area contributed by atoms with Gasteiger partial charge in [-0.1, -0.05) is 11.6 Å². The molecule has 1 amide bonds. The molecule has 1 heterocycles. The highest BCUT2D eigenvalue weighted by molar-refractivity contribution is 6.32. The first-order valence-corrected chi connectivity index (χ1v) is 7.03. The number of amides is 1. The molecule has 1 aromatic rings. The van der Waals surface area contributed by atoms with Crippen LogP contribution in [0.4, 0.5) is 11.4 Å². The van der Waals surface area contributed by atoms with Gasteiger partial charge in [0.15, 0.2) is 0 Å². The van der Waals surface area contributed by atoms with Crippen molar-refractivity contribution in [1.82, 2.24) is 10.2 Å². The lowest BCUT2D eigenvalue weighted by atomic mass is 10.2. The average Bonchev–Trinajstić information content (AvgIpc) is 2.43. The zero-order valence-electron chi connectivity index (χ0n) is 11.6. The standard InChI is InChI=1S/C13H17ClN4O3/c1-9-7-15-4-5-17(9)8-13(19)16-10-2-3-11(14)12(6-10)18(20)21/h2-3,6,9,15H,4-5,7-8H2,1H3,(H,16,19)/t9-/m0/s1. The van der Waals surface area contributed by atoms with Crippen molar-refractivity contribution in [3.8, 4) is 0 Å². The van der Waals surface area contributed by atoms with Gasteiger partial charge in [0.25, 0.3) is 5.69 Å². The molecule has 1 saturated heterocycles. The molecule has 1 fully saturated rings. The first-order valence-electron chi connectivity index (χ1n) is 6.66. The van der Waals surface area contributed by atoms with Crippen molar-refractivity contribution in [3.05, 3.63) is 33.3 Å². The molecule has 114 valence electrons. The Hall–Kier alpha value is -1.70. The quantitative estimate of drug-likeness (QED) is 0.649. The predicted octanol–water partition coefficient (Wildman–Crippen LogP) is 1.48. The van der Waals surface area contributed by atoms with Crippen molar-refractivity contribution in [1.29, 1.82) is 0 Å².